The number of hydrogen-bond acceptors (Lipinski definition) is 4. The molecule has 0 saturated carbocycles. The van der Waals surface area contributed by atoms with Gasteiger partial charge >= 0.3 is 0 Å². The molecule has 2 rings (SSSR count). The molecule has 1 amide bonds. The first-order chi connectivity index (χ1) is 9.75. The van der Waals surface area contributed by atoms with E-state index in [0.29, 0.717) is 17.7 Å². The third-order valence-electron chi connectivity index (χ3n) is 3.49. The molecule has 1 aliphatic rings. The highest BCUT2D eigenvalue weighted by Gasteiger charge is 2.36. The molecule has 8 heteroatoms. The molecule has 21 heavy (non-hydrogen) atoms. The molecule has 0 bridgehead atoms. The molecule has 1 aromatic rings. The number of thiocarbonyl (C=S) groups is 1. The molecule has 0 aromatic heterocycles. The van der Waals surface area contributed by atoms with E-state index in [1.807, 2.05) is 0 Å². The molecule has 1 unspecified atom stereocenters. The van der Waals surface area contributed by atoms with Crippen LogP contribution in [0.1, 0.15) is 18.1 Å². The number of piperazine rings is 1. The van der Waals surface area contributed by atoms with Gasteiger partial charge < -0.3 is 11.1 Å². The molecule has 3 N–H and O–H groups in total. The van der Waals surface area contributed by atoms with Gasteiger partial charge in [0.25, 0.3) is 0 Å². The van der Waals surface area contributed by atoms with Crippen molar-refractivity contribution in [2.24, 2.45) is 5.73 Å². The van der Waals surface area contributed by atoms with Gasteiger partial charge in [-0.15, -0.1) is 0 Å². The SMILES string of the molecule is Cc1cc(C(N)=S)ccc1S(=O)(=O)N1CCNC(=O)C1C. The van der Waals surface area contributed by atoms with Crippen LogP contribution in [-0.4, -0.2) is 42.8 Å². The van der Waals surface area contributed by atoms with Gasteiger partial charge in [-0.3, -0.25) is 4.79 Å². The van der Waals surface area contributed by atoms with Crippen LogP contribution in [0, 0.1) is 6.92 Å². The maximum Gasteiger partial charge on any atom is 0.244 e. The highest BCUT2D eigenvalue weighted by molar-refractivity contribution is 7.89. The van der Waals surface area contributed by atoms with Gasteiger partial charge in [0.2, 0.25) is 15.9 Å². The molecule has 114 valence electrons. The number of sulfonamides is 1. The summed E-state index contributed by atoms with van der Waals surface area (Å²) >= 11 is 4.88. The molecule has 0 radical (unpaired) electrons. The summed E-state index contributed by atoms with van der Waals surface area (Å²) < 4.78 is 26.7. The van der Waals surface area contributed by atoms with Gasteiger partial charge in [0.15, 0.2) is 0 Å². The van der Waals surface area contributed by atoms with Gasteiger partial charge in [-0.1, -0.05) is 18.3 Å². The third kappa shape index (κ3) is 2.92. The standard InChI is InChI=1S/C13H17N3O3S2/c1-8-7-10(12(14)20)3-4-11(8)21(18,19)16-6-5-15-13(17)9(16)2/h3-4,7,9H,5-6H2,1-2H3,(H2,14,20)(H,15,17). The summed E-state index contributed by atoms with van der Waals surface area (Å²) in [5.41, 5.74) is 6.71. The van der Waals surface area contributed by atoms with Crippen LogP contribution < -0.4 is 11.1 Å². The maximum absolute atomic E-state index is 12.7. The van der Waals surface area contributed by atoms with E-state index in [2.05, 4.69) is 5.32 Å². The number of carbonyl (C=O) groups is 1. The van der Waals surface area contributed by atoms with Crippen LogP contribution in [0.25, 0.3) is 0 Å². The second kappa shape index (κ2) is 5.70. The van der Waals surface area contributed by atoms with Crippen molar-refractivity contribution in [1.82, 2.24) is 9.62 Å². The zero-order chi connectivity index (χ0) is 15.8. The summed E-state index contributed by atoms with van der Waals surface area (Å²) in [7, 11) is -3.73. The van der Waals surface area contributed by atoms with Gasteiger partial charge in [-0.2, -0.15) is 4.31 Å². The Labute approximate surface area is 129 Å². The van der Waals surface area contributed by atoms with Crippen LogP contribution in [0.15, 0.2) is 23.1 Å². The minimum Gasteiger partial charge on any atom is -0.389 e. The number of carbonyl (C=O) groups excluding carboxylic acids is 1. The normalized spacial score (nSPS) is 20.1. The van der Waals surface area contributed by atoms with Crippen molar-refractivity contribution < 1.29 is 13.2 Å². The first-order valence-corrected chi connectivity index (χ1v) is 8.30. The molecule has 0 aliphatic carbocycles. The molecular weight excluding hydrogens is 310 g/mol. The van der Waals surface area contributed by atoms with E-state index in [1.54, 1.807) is 26.0 Å². The Bertz CT molecular complexity index is 701. The van der Waals surface area contributed by atoms with Crippen molar-refractivity contribution in [3.63, 3.8) is 0 Å². The molecule has 0 spiro atoms. The lowest BCUT2D eigenvalue weighted by atomic mass is 10.1. The molecule has 6 nitrogen and oxygen atoms in total. The Morgan fingerprint density at radius 3 is 2.71 bits per heavy atom. The predicted octanol–water partition coefficient (Wildman–Crippen LogP) is 0.138. The summed E-state index contributed by atoms with van der Waals surface area (Å²) in [6.07, 6.45) is 0. The average molecular weight is 327 g/mol. The van der Waals surface area contributed by atoms with Crippen molar-refractivity contribution in [1.29, 1.82) is 0 Å². The number of nitrogens with zero attached hydrogens (tertiary/aromatic N) is 1. The summed E-state index contributed by atoms with van der Waals surface area (Å²) in [5, 5.41) is 2.65. The number of benzene rings is 1. The largest absolute Gasteiger partial charge is 0.389 e. The molecule has 1 aliphatic heterocycles. The molecule has 1 heterocycles. The Kier molecular flexibility index (Phi) is 4.31. The Balaban J connectivity index is 2.44. The predicted molar refractivity (Wildman–Crippen MR) is 83.4 cm³/mol. The number of amides is 1. The topological polar surface area (TPSA) is 92.5 Å². The lowest BCUT2D eigenvalue weighted by Crippen LogP contribution is -2.55. The minimum absolute atomic E-state index is 0.170. The Morgan fingerprint density at radius 1 is 1.48 bits per heavy atom. The smallest absolute Gasteiger partial charge is 0.244 e. The van der Waals surface area contributed by atoms with Crippen molar-refractivity contribution >= 4 is 33.1 Å². The second-order valence-electron chi connectivity index (χ2n) is 4.93. The number of hydrogen-bond donors (Lipinski definition) is 2. The van der Waals surface area contributed by atoms with Crippen molar-refractivity contribution in [2.45, 2.75) is 24.8 Å². The van der Waals surface area contributed by atoms with E-state index >= 15 is 0 Å². The minimum atomic E-state index is -3.73. The van der Waals surface area contributed by atoms with Gasteiger partial charge in [-0.05, 0) is 31.5 Å². The summed E-state index contributed by atoms with van der Waals surface area (Å²) in [6, 6.07) is 3.98. The third-order valence-corrected chi connectivity index (χ3v) is 5.85. The van der Waals surface area contributed by atoms with E-state index in [1.165, 1.54) is 10.4 Å². The monoisotopic (exact) mass is 327 g/mol. The highest BCUT2D eigenvalue weighted by atomic mass is 32.2. The number of nitrogens with two attached hydrogens (primary N) is 1. The van der Waals surface area contributed by atoms with E-state index < -0.39 is 16.1 Å². The van der Waals surface area contributed by atoms with Crippen LogP contribution in [-0.2, 0) is 14.8 Å². The Morgan fingerprint density at radius 2 is 2.14 bits per heavy atom. The fraction of sp³-hybridized carbons (Fsp3) is 0.385. The average Bonchev–Trinajstić information content (AvgIpc) is 2.41. The fourth-order valence-corrected chi connectivity index (χ4v) is 4.24. The molecule has 1 atom stereocenters. The second-order valence-corrected chi connectivity index (χ2v) is 7.23. The lowest BCUT2D eigenvalue weighted by molar-refractivity contribution is -0.126. The highest BCUT2D eigenvalue weighted by Crippen LogP contribution is 2.23. The first-order valence-electron chi connectivity index (χ1n) is 6.45. The summed E-state index contributed by atoms with van der Waals surface area (Å²) in [5.74, 6) is -0.290. The Hall–Kier alpha value is -1.51. The number of rotatable bonds is 3. The van der Waals surface area contributed by atoms with E-state index in [9.17, 15) is 13.2 Å². The van der Waals surface area contributed by atoms with Crippen molar-refractivity contribution in [3.05, 3.63) is 29.3 Å². The summed E-state index contributed by atoms with van der Waals surface area (Å²) in [6.45, 7) is 3.83. The first kappa shape index (κ1) is 15.9. The van der Waals surface area contributed by atoms with Gasteiger partial charge in [-0.25, -0.2) is 8.42 Å². The van der Waals surface area contributed by atoms with Gasteiger partial charge in [0, 0.05) is 18.7 Å². The number of aryl methyl sites for hydroxylation is 1. The molecule has 1 fully saturated rings. The summed E-state index contributed by atoms with van der Waals surface area (Å²) in [4.78, 5) is 12.0. The molecular formula is C13H17N3O3S2. The van der Waals surface area contributed by atoms with Crippen molar-refractivity contribution in [3.8, 4) is 0 Å². The van der Waals surface area contributed by atoms with E-state index in [4.69, 9.17) is 18.0 Å². The molecule has 1 aromatic carbocycles. The van der Waals surface area contributed by atoms with Crippen LogP contribution in [0.5, 0.6) is 0 Å². The van der Waals surface area contributed by atoms with Crippen molar-refractivity contribution in [2.75, 3.05) is 13.1 Å². The van der Waals surface area contributed by atoms with Crippen LogP contribution >= 0.6 is 12.2 Å². The van der Waals surface area contributed by atoms with Crippen LogP contribution in [0.3, 0.4) is 0 Å². The van der Waals surface area contributed by atoms with Gasteiger partial charge in [0.1, 0.15) is 11.0 Å². The zero-order valence-electron chi connectivity index (χ0n) is 11.8. The number of nitrogens with one attached hydrogen (secondary N) is 1. The van der Waals surface area contributed by atoms with Crippen LogP contribution in [0.4, 0.5) is 0 Å². The zero-order valence-corrected chi connectivity index (χ0v) is 13.4. The van der Waals surface area contributed by atoms with E-state index in [0.717, 1.165) is 0 Å². The molecule has 1 saturated heterocycles. The quantitative estimate of drug-likeness (QED) is 0.770. The lowest BCUT2D eigenvalue weighted by Gasteiger charge is -2.32. The van der Waals surface area contributed by atoms with Gasteiger partial charge in [0.05, 0.1) is 4.90 Å². The fourth-order valence-electron chi connectivity index (χ4n) is 2.31. The van der Waals surface area contributed by atoms with E-state index in [-0.39, 0.29) is 22.3 Å². The van der Waals surface area contributed by atoms with Crippen LogP contribution in [0.2, 0.25) is 0 Å². The maximum atomic E-state index is 12.7.